The van der Waals surface area contributed by atoms with Crippen LogP contribution in [-0.2, 0) is 6.54 Å². The lowest BCUT2D eigenvalue weighted by atomic mass is 10.1. The van der Waals surface area contributed by atoms with Crippen LogP contribution in [0.15, 0.2) is 48.5 Å². The van der Waals surface area contributed by atoms with Gasteiger partial charge in [0.15, 0.2) is 0 Å². The Morgan fingerprint density at radius 3 is 2.65 bits per heavy atom. The lowest BCUT2D eigenvalue weighted by Gasteiger charge is -2.10. The molecular weight excluding hydrogens is 308 g/mol. The molecule has 0 aliphatic rings. The Hall–Kier alpha value is -2.73. The van der Waals surface area contributed by atoms with E-state index in [9.17, 15) is 4.79 Å². The number of hydrogen-bond donors (Lipinski definition) is 2. The highest BCUT2D eigenvalue weighted by molar-refractivity contribution is 7.14. The van der Waals surface area contributed by atoms with Crippen LogP contribution in [0.5, 0.6) is 0 Å². The first-order chi connectivity index (χ1) is 11.1. The molecule has 1 heterocycles. The van der Waals surface area contributed by atoms with Crippen LogP contribution >= 0.6 is 11.3 Å². The van der Waals surface area contributed by atoms with Crippen molar-refractivity contribution in [3.63, 3.8) is 0 Å². The van der Waals surface area contributed by atoms with Gasteiger partial charge < -0.3 is 11.1 Å². The topological polar surface area (TPSA) is 80.9 Å². The highest BCUT2D eigenvalue weighted by Crippen LogP contribution is 2.24. The standard InChI is InChI=1S/C17H16N4OS/c1-11-13(16(18)22)8-5-9-14(11)19-10-15-20-21-17(23-15)12-6-3-2-4-7-12/h2-9,19H,10H2,1H3,(H2,18,22). The average molecular weight is 324 g/mol. The highest BCUT2D eigenvalue weighted by atomic mass is 32.1. The third-order valence-electron chi connectivity index (χ3n) is 3.52. The van der Waals surface area contributed by atoms with Crippen LogP contribution in [0.25, 0.3) is 10.6 Å². The third-order valence-corrected chi connectivity index (χ3v) is 4.49. The van der Waals surface area contributed by atoms with E-state index in [4.69, 9.17) is 5.73 Å². The quantitative estimate of drug-likeness (QED) is 0.755. The summed E-state index contributed by atoms with van der Waals surface area (Å²) in [5, 5.41) is 13.5. The lowest BCUT2D eigenvalue weighted by Crippen LogP contribution is -2.13. The SMILES string of the molecule is Cc1c(NCc2nnc(-c3ccccc3)s2)cccc1C(N)=O. The zero-order valence-electron chi connectivity index (χ0n) is 12.6. The fourth-order valence-corrected chi connectivity index (χ4v) is 3.07. The number of amides is 1. The second-order valence-corrected chi connectivity index (χ2v) is 6.12. The molecule has 3 aromatic rings. The zero-order chi connectivity index (χ0) is 16.2. The van der Waals surface area contributed by atoms with Crippen LogP contribution in [-0.4, -0.2) is 16.1 Å². The zero-order valence-corrected chi connectivity index (χ0v) is 13.4. The van der Waals surface area contributed by atoms with Gasteiger partial charge in [-0.15, -0.1) is 10.2 Å². The van der Waals surface area contributed by atoms with Crippen LogP contribution in [0.2, 0.25) is 0 Å². The van der Waals surface area contributed by atoms with E-state index in [1.54, 1.807) is 17.4 Å². The molecule has 0 aliphatic heterocycles. The van der Waals surface area contributed by atoms with Crippen molar-refractivity contribution >= 4 is 22.9 Å². The number of primary amides is 1. The average Bonchev–Trinajstić information content (AvgIpc) is 3.03. The van der Waals surface area contributed by atoms with Crippen molar-refractivity contribution in [1.29, 1.82) is 0 Å². The molecule has 0 bridgehead atoms. The highest BCUT2D eigenvalue weighted by Gasteiger charge is 2.10. The molecule has 0 radical (unpaired) electrons. The Morgan fingerprint density at radius 2 is 1.91 bits per heavy atom. The Bertz CT molecular complexity index is 830. The molecule has 3 rings (SSSR count). The van der Waals surface area contributed by atoms with E-state index in [1.165, 1.54) is 0 Å². The summed E-state index contributed by atoms with van der Waals surface area (Å²) in [6.07, 6.45) is 0. The summed E-state index contributed by atoms with van der Waals surface area (Å²) in [6.45, 7) is 2.42. The van der Waals surface area contributed by atoms with Gasteiger partial charge in [0.1, 0.15) is 10.0 Å². The van der Waals surface area contributed by atoms with E-state index in [0.29, 0.717) is 12.1 Å². The van der Waals surface area contributed by atoms with Gasteiger partial charge in [-0.3, -0.25) is 4.79 Å². The second kappa shape index (κ2) is 6.58. The molecule has 0 fully saturated rings. The van der Waals surface area contributed by atoms with Crippen LogP contribution in [0.3, 0.4) is 0 Å². The summed E-state index contributed by atoms with van der Waals surface area (Å²) in [5.74, 6) is -0.423. The van der Waals surface area contributed by atoms with E-state index in [1.807, 2.05) is 49.4 Å². The van der Waals surface area contributed by atoms with Crippen molar-refractivity contribution in [3.05, 3.63) is 64.7 Å². The van der Waals surface area contributed by atoms with Crippen molar-refractivity contribution < 1.29 is 4.79 Å². The van der Waals surface area contributed by atoms with Gasteiger partial charge in [0.2, 0.25) is 5.91 Å². The van der Waals surface area contributed by atoms with Crippen LogP contribution in [0.1, 0.15) is 20.9 Å². The van der Waals surface area contributed by atoms with E-state index in [2.05, 4.69) is 15.5 Å². The van der Waals surface area contributed by atoms with Crippen molar-refractivity contribution in [2.24, 2.45) is 5.73 Å². The van der Waals surface area contributed by atoms with E-state index < -0.39 is 5.91 Å². The molecule has 0 saturated heterocycles. The Labute approximate surface area is 138 Å². The molecule has 5 nitrogen and oxygen atoms in total. The molecular formula is C17H16N4OS. The molecule has 3 N–H and O–H groups in total. The van der Waals surface area contributed by atoms with Crippen molar-refractivity contribution in [2.75, 3.05) is 5.32 Å². The van der Waals surface area contributed by atoms with Crippen LogP contribution in [0, 0.1) is 6.92 Å². The first-order valence-electron chi connectivity index (χ1n) is 7.16. The number of aromatic nitrogens is 2. The number of hydrogen-bond acceptors (Lipinski definition) is 5. The number of carbonyl (C=O) groups excluding carboxylic acids is 1. The number of anilines is 1. The molecule has 0 unspecified atom stereocenters. The third kappa shape index (κ3) is 3.37. The Kier molecular flexibility index (Phi) is 4.34. The molecule has 116 valence electrons. The number of nitrogens with zero attached hydrogens (tertiary/aromatic N) is 2. The molecule has 23 heavy (non-hydrogen) atoms. The van der Waals surface area contributed by atoms with Crippen LogP contribution < -0.4 is 11.1 Å². The first-order valence-corrected chi connectivity index (χ1v) is 7.98. The van der Waals surface area contributed by atoms with Gasteiger partial charge in [0.05, 0.1) is 6.54 Å². The molecule has 0 spiro atoms. The molecule has 0 atom stereocenters. The Balaban J connectivity index is 1.74. The minimum absolute atomic E-state index is 0.423. The van der Waals surface area contributed by atoms with Gasteiger partial charge in [-0.2, -0.15) is 0 Å². The molecule has 6 heteroatoms. The minimum atomic E-state index is -0.423. The molecule has 1 amide bonds. The maximum Gasteiger partial charge on any atom is 0.249 e. The maximum atomic E-state index is 11.4. The number of carbonyl (C=O) groups is 1. The predicted octanol–water partition coefficient (Wildman–Crippen LogP) is 3.22. The van der Waals surface area contributed by atoms with Gasteiger partial charge in [0, 0.05) is 16.8 Å². The monoisotopic (exact) mass is 324 g/mol. The number of rotatable bonds is 5. The summed E-state index contributed by atoms with van der Waals surface area (Å²) in [6, 6.07) is 15.4. The Morgan fingerprint density at radius 1 is 1.13 bits per heavy atom. The van der Waals surface area contributed by atoms with Gasteiger partial charge in [-0.05, 0) is 24.6 Å². The fourth-order valence-electron chi connectivity index (χ4n) is 2.29. The van der Waals surface area contributed by atoms with Gasteiger partial charge in [-0.1, -0.05) is 47.7 Å². The van der Waals surface area contributed by atoms with Gasteiger partial charge >= 0.3 is 0 Å². The summed E-state index contributed by atoms with van der Waals surface area (Å²) in [4.78, 5) is 11.4. The lowest BCUT2D eigenvalue weighted by molar-refractivity contribution is 0.1000. The number of benzene rings is 2. The first kappa shape index (κ1) is 15.2. The van der Waals surface area contributed by atoms with Gasteiger partial charge in [-0.25, -0.2) is 0 Å². The van der Waals surface area contributed by atoms with E-state index in [-0.39, 0.29) is 0 Å². The van der Waals surface area contributed by atoms with Crippen molar-refractivity contribution in [3.8, 4) is 10.6 Å². The number of nitrogens with two attached hydrogens (primary N) is 1. The predicted molar refractivity (Wildman–Crippen MR) is 92.4 cm³/mol. The summed E-state index contributed by atoms with van der Waals surface area (Å²) < 4.78 is 0. The van der Waals surface area contributed by atoms with Crippen molar-refractivity contribution in [2.45, 2.75) is 13.5 Å². The molecule has 0 aliphatic carbocycles. The summed E-state index contributed by atoms with van der Waals surface area (Å²) >= 11 is 1.55. The number of nitrogens with one attached hydrogen (secondary N) is 1. The second-order valence-electron chi connectivity index (χ2n) is 5.06. The smallest absolute Gasteiger partial charge is 0.249 e. The summed E-state index contributed by atoms with van der Waals surface area (Å²) in [7, 11) is 0. The summed E-state index contributed by atoms with van der Waals surface area (Å²) in [5.41, 5.74) is 8.67. The fraction of sp³-hybridized carbons (Fsp3) is 0.118. The molecule has 0 saturated carbocycles. The van der Waals surface area contributed by atoms with Crippen LogP contribution in [0.4, 0.5) is 5.69 Å². The molecule has 2 aromatic carbocycles. The van der Waals surface area contributed by atoms with E-state index in [0.717, 1.165) is 26.8 Å². The maximum absolute atomic E-state index is 11.4. The molecule has 1 aromatic heterocycles. The normalized spacial score (nSPS) is 10.5. The van der Waals surface area contributed by atoms with E-state index >= 15 is 0 Å². The van der Waals surface area contributed by atoms with Gasteiger partial charge in [0.25, 0.3) is 0 Å². The minimum Gasteiger partial charge on any atom is -0.378 e. The van der Waals surface area contributed by atoms with Crippen molar-refractivity contribution in [1.82, 2.24) is 10.2 Å². The largest absolute Gasteiger partial charge is 0.378 e.